The lowest BCUT2D eigenvalue weighted by Crippen LogP contribution is -2.55. The van der Waals surface area contributed by atoms with E-state index in [9.17, 15) is 0 Å². The van der Waals surface area contributed by atoms with Crippen LogP contribution in [0.3, 0.4) is 0 Å². The van der Waals surface area contributed by atoms with E-state index in [0.717, 1.165) is 35.0 Å². The van der Waals surface area contributed by atoms with Gasteiger partial charge in [0.2, 0.25) is 0 Å². The Morgan fingerprint density at radius 3 is 0.862 bits per heavy atom. The van der Waals surface area contributed by atoms with Crippen LogP contribution in [-0.4, -0.2) is 77.6 Å². The summed E-state index contributed by atoms with van der Waals surface area (Å²) in [6.07, 6.45) is 20.6. The van der Waals surface area contributed by atoms with Gasteiger partial charge in [0.05, 0.1) is 55.4 Å². The molecule has 4 nitrogen and oxygen atoms in total. The lowest BCUT2D eigenvalue weighted by molar-refractivity contribution is -0.870. The fourth-order valence-corrected chi connectivity index (χ4v) is 10.9. The van der Waals surface area contributed by atoms with Crippen LogP contribution in [-0.2, 0) is 20.7 Å². The fourth-order valence-electron chi connectivity index (χ4n) is 10.9. The lowest BCUT2D eigenvalue weighted by atomic mass is 9.49. The fraction of sp³-hybridized carbons (Fsp3) is 0.556. The normalized spacial score (nSPS) is 21.6. The summed E-state index contributed by atoms with van der Waals surface area (Å²) in [5, 5.41) is 0. The third-order valence-corrected chi connectivity index (χ3v) is 13.6. The maximum atomic E-state index is 7.65. The molecule has 0 N–H and O–H groups in total. The second kappa shape index (κ2) is 19.0. The number of unbranched alkanes of at least 4 members (excludes halogenated alkanes) is 14. The van der Waals surface area contributed by atoms with Gasteiger partial charge in [0.1, 0.15) is 11.2 Å². The summed E-state index contributed by atoms with van der Waals surface area (Å²) in [6.45, 7) is 4.04. The molecular formula is C54H76N2O2+2. The van der Waals surface area contributed by atoms with Gasteiger partial charge in [-0.25, -0.2) is 0 Å². The van der Waals surface area contributed by atoms with Gasteiger partial charge in [-0.15, -0.1) is 0 Å². The predicted molar refractivity (Wildman–Crippen MR) is 243 cm³/mol. The first kappa shape index (κ1) is 42.8. The van der Waals surface area contributed by atoms with Crippen LogP contribution in [0.2, 0.25) is 0 Å². The van der Waals surface area contributed by atoms with Gasteiger partial charge in [0, 0.05) is 25.0 Å². The number of benzene rings is 4. The molecule has 0 aliphatic heterocycles. The molecule has 4 heteroatoms. The third-order valence-electron chi connectivity index (χ3n) is 13.6. The van der Waals surface area contributed by atoms with Gasteiger partial charge < -0.3 is 18.4 Å². The first-order valence-corrected chi connectivity index (χ1v) is 23.3. The van der Waals surface area contributed by atoms with Crippen LogP contribution in [0.1, 0.15) is 159 Å². The van der Waals surface area contributed by atoms with E-state index in [0.29, 0.717) is 0 Å². The number of ether oxygens (including phenoxy) is 2. The number of rotatable bonds is 24. The molecule has 0 saturated heterocycles. The Morgan fingerprint density at radius 2 is 0.586 bits per heavy atom. The van der Waals surface area contributed by atoms with Crippen LogP contribution in [0.25, 0.3) is 0 Å². The Hall–Kier alpha value is -3.28. The number of hydrogen-bond donors (Lipinski definition) is 0. The molecular weight excluding hydrogens is 709 g/mol. The van der Waals surface area contributed by atoms with Crippen molar-refractivity contribution in [3.8, 4) is 0 Å². The van der Waals surface area contributed by atoms with Crippen molar-refractivity contribution in [1.29, 1.82) is 0 Å². The van der Waals surface area contributed by atoms with E-state index < -0.39 is 11.2 Å². The van der Waals surface area contributed by atoms with Gasteiger partial charge in [-0.1, -0.05) is 161 Å². The quantitative estimate of drug-likeness (QED) is 0.0520. The molecule has 0 aromatic heterocycles. The zero-order valence-electron chi connectivity index (χ0n) is 37.2. The molecule has 4 aromatic rings. The maximum absolute atomic E-state index is 7.65. The minimum atomic E-state index is -0.639. The smallest absolute Gasteiger partial charge is 0.130 e. The monoisotopic (exact) mass is 785 g/mol. The Bertz CT molecular complexity index is 1680. The van der Waals surface area contributed by atoms with E-state index in [2.05, 4.69) is 139 Å². The van der Waals surface area contributed by atoms with Crippen molar-refractivity contribution in [2.45, 2.75) is 126 Å². The Labute approximate surface area is 353 Å². The average Bonchev–Trinajstić information content (AvgIpc) is 3.20. The Morgan fingerprint density at radius 1 is 0.345 bits per heavy atom. The Kier molecular flexibility index (Phi) is 14.0. The van der Waals surface area contributed by atoms with Crippen LogP contribution >= 0.6 is 0 Å². The number of quaternary nitrogens is 2. The number of hydrogen-bond acceptors (Lipinski definition) is 2. The molecule has 0 fully saturated rings. The van der Waals surface area contributed by atoms with Crippen LogP contribution in [0, 0.1) is 0 Å². The molecule has 6 aliphatic carbocycles. The standard InChI is InChI=1S/C54H76N2O2/c1-55(2,3)39-27-15-11-7-9-13-17-29-41-57-53-47-35-23-19-31-43(47)52(44-32-20-24-36-48(44)53)54(58-42-30-18-14-10-8-12-16-28-40-56(4,5)6)49-37-25-21-33-45(49)51(53)46-34-22-26-38-50(46)54/h19-26,31-38,51-52H,7-18,27-30,39-42H2,1-6H3/q+2. The van der Waals surface area contributed by atoms with E-state index in [1.165, 1.54) is 147 Å². The third kappa shape index (κ3) is 9.07. The molecule has 0 amide bonds. The predicted octanol–water partition coefficient (Wildman–Crippen LogP) is 12.5. The van der Waals surface area contributed by atoms with Crippen LogP contribution < -0.4 is 0 Å². The molecule has 4 aromatic carbocycles. The van der Waals surface area contributed by atoms with Crippen molar-refractivity contribution in [3.05, 3.63) is 142 Å². The van der Waals surface area contributed by atoms with Crippen LogP contribution in [0.4, 0.5) is 0 Å². The van der Waals surface area contributed by atoms with E-state index in [4.69, 9.17) is 9.47 Å². The highest BCUT2D eigenvalue weighted by Crippen LogP contribution is 2.68. The molecule has 312 valence electrons. The minimum Gasteiger partial charge on any atom is -0.365 e. The molecule has 0 spiro atoms. The van der Waals surface area contributed by atoms with Gasteiger partial charge in [-0.05, 0) is 83.0 Å². The molecule has 0 unspecified atom stereocenters. The first-order valence-electron chi connectivity index (χ1n) is 23.3. The van der Waals surface area contributed by atoms with Crippen molar-refractivity contribution in [2.75, 3.05) is 68.6 Å². The summed E-state index contributed by atoms with van der Waals surface area (Å²) >= 11 is 0. The molecule has 0 heterocycles. The van der Waals surface area contributed by atoms with Gasteiger partial charge in [-0.3, -0.25) is 0 Å². The second-order valence-corrected chi connectivity index (χ2v) is 20.1. The van der Waals surface area contributed by atoms with Crippen molar-refractivity contribution in [3.63, 3.8) is 0 Å². The molecule has 58 heavy (non-hydrogen) atoms. The topological polar surface area (TPSA) is 18.5 Å². The van der Waals surface area contributed by atoms with E-state index in [1.807, 2.05) is 0 Å². The molecule has 10 rings (SSSR count). The van der Waals surface area contributed by atoms with Crippen molar-refractivity contribution in [2.24, 2.45) is 0 Å². The van der Waals surface area contributed by atoms with Crippen molar-refractivity contribution >= 4 is 0 Å². The van der Waals surface area contributed by atoms with Gasteiger partial charge in [-0.2, -0.15) is 0 Å². The van der Waals surface area contributed by atoms with E-state index in [-0.39, 0.29) is 11.8 Å². The molecule has 4 bridgehead atoms. The maximum Gasteiger partial charge on any atom is 0.130 e. The highest BCUT2D eigenvalue weighted by atomic mass is 16.5. The Balaban J connectivity index is 1.12. The lowest BCUT2D eigenvalue weighted by Gasteiger charge is -2.59. The summed E-state index contributed by atoms with van der Waals surface area (Å²) in [5.41, 5.74) is 9.51. The first-order chi connectivity index (χ1) is 28.1. The summed E-state index contributed by atoms with van der Waals surface area (Å²) in [5.74, 6) is 0.0171. The zero-order valence-corrected chi connectivity index (χ0v) is 37.2. The summed E-state index contributed by atoms with van der Waals surface area (Å²) in [7, 11) is 13.8. The van der Waals surface area contributed by atoms with E-state index >= 15 is 0 Å². The van der Waals surface area contributed by atoms with Gasteiger partial charge in [0.25, 0.3) is 0 Å². The largest absolute Gasteiger partial charge is 0.365 e. The highest BCUT2D eigenvalue weighted by Gasteiger charge is 2.64. The van der Waals surface area contributed by atoms with Crippen LogP contribution in [0.5, 0.6) is 0 Å². The molecule has 6 aliphatic rings. The summed E-state index contributed by atoms with van der Waals surface area (Å²) < 4.78 is 17.4. The molecule has 0 atom stereocenters. The molecule has 0 radical (unpaired) electrons. The van der Waals surface area contributed by atoms with Crippen molar-refractivity contribution < 1.29 is 18.4 Å². The van der Waals surface area contributed by atoms with Crippen LogP contribution in [0.15, 0.2) is 97.1 Å². The zero-order chi connectivity index (χ0) is 40.6. The van der Waals surface area contributed by atoms with E-state index in [1.54, 1.807) is 0 Å². The summed E-state index contributed by atoms with van der Waals surface area (Å²) in [4.78, 5) is 0. The van der Waals surface area contributed by atoms with Gasteiger partial charge >= 0.3 is 0 Å². The number of nitrogens with zero attached hydrogens (tertiary/aromatic N) is 2. The minimum absolute atomic E-state index is 0.00855. The SMILES string of the molecule is C[N+](C)(C)CCCCCCCCCCOC12c3ccccc3C(c3ccccc31)C1(OCCCCCCCCCC[N+](C)(C)C)c3ccccc3C2c2ccccc21. The molecule has 0 saturated carbocycles. The van der Waals surface area contributed by atoms with Crippen molar-refractivity contribution in [1.82, 2.24) is 0 Å². The second-order valence-electron chi connectivity index (χ2n) is 20.1. The highest BCUT2D eigenvalue weighted by molar-refractivity contribution is 5.71. The summed E-state index contributed by atoms with van der Waals surface area (Å²) in [6, 6.07) is 37.1. The van der Waals surface area contributed by atoms with Gasteiger partial charge in [0.15, 0.2) is 0 Å². The average molecular weight is 785 g/mol.